The molecule has 92 valence electrons. The highest BCUT2D eigenvalue weighted by Gasteiger charge is 1.75. The van der Waals surface area contributed by atoms with Crippen LogP contribution in [0, 0.1) is 5.21 Å². The van der Waals surface area contributed by atoms with Crippen molar-refractivity contribution in [2.75, 3.05) is 0 Å². The summed E-state index contributed by atoms with van der Waals surface area (Å²) < 4.78 is 0.750. The number of rotatable bonds is 0. The molecular formula is C13H29NO. The summed E-state index contributed by atoms with van der Waals surface area (Å²) in [5.41, 5.74) is 0. The lowest BCUT2D eigenvalue weighted by atomic mass is 10.5. The van der Waals surface area contributed by atoms with E-state index in [9.17, 15) is 5.21 Å². The molecule has 0 amide bonds. The molecule has 0 aliphatic heterocycles. The van der Waals surface area contributed by atoms with Crippen molar-refractivity contribution in [2.24, 2.45) is 0 Å². The average molecular weight is 215 g/mol. The monoisotopic (exact) mass is 215 g/mol. The summed E-state index contributed by atoms with van der Waals surface area (Å²) in [5, 5.41) is 10.2. The Labute approximate surface area is 96.6 Å². The summed E-state index contributed by atoms with van der Waals surface area (Å²) in [6.45, 7) is 16.0. The maximum Gasteiger partial charge on any atom is 0.180 e. The zero-order valence-corrected chi connectivity index (χ0v) is 11.7. The molecule has 1 rings (SSSR count). The zero-order chi connectivity index (χ0) is 13.1. The van der Waals surface area contributed by atoms with E-state index in [0.717, 1.165) is 4.73 Å². The first-order chi connectivity index (χ1) is 7.39. The minimum Gasteiger partial charge on any atom is -0.619 e. The fraction of sp³-hybridized carbons (Fsp3) is 0.615. The largest absolute Gasteiger partial charge is 0.619 e. The summed E-state index contributed by atoms with van der Waals surface area (Å²) in [6, 6.07) is 5.18. The molecular weight excluding hydrogens is 186 g/mol. The highest BCUT2D eigenvalue weighted by atomic mass is 16.5. The Morgan fingerprint density at radius 3 is 1.00 bits per heavy atom. The third-order valence-electron chi connectivity index (χ3n) is 0.688. The Hall–Kier alpha value is -1.05. The van der Waals surface area contributed by atoms with Crippen molar-refractivity contribution in [2.45, 2.75) is 55.4 Å². The first-order valence-corrected chi connectivity index (χ1v) is 6.03. The standard InChI is InChI=1S/C5H5NO.4C2H6/c7-6-4-2-1-3-5-6;4*1-2/h1-5H;4*1-2H3. The molecule has 0 fully saturated rings. The van der Waals surface area contributed by atoms with Gasteiger partial charge in [0.15, 0.2) is 12.4 Å². The van der Waals surface area contributed by atoms with Crippen LogP contribution in [0.15, 0.2) is 30.6 Å². The molecule has 2 heteroatoms. The van der Waals surface area contributed by atoms with E-state index in [0.29, 0.717) is 0 Å². The van der Waals surface area contributed by atoms with Crippen LogP contribution >= 0.6 is 0 Å². The van der Waals surface area contributed by atoms with Crippen molar-refractivity contribution in [3.63, 3.8) is 0 Å². The molecule has 0 N–H and O–H groups in total. The van der Waals surface area contributed by atoms with E-state index in [1.807, 2.05) is 55.4 Å². The molecule has 0 aromatic carbocycles. The Bertz CT molecular complexity index is 140. The first kappa shape index (κ1) is 23.6. The molecule has 0 aliphatic rings. The molecule has 0 saturated carbocycles. The van der Waals surface area contributed by atoms with E-state index in [1.165, 1.54) is 12.4 Å². The predicted octanol–water partition coefficient (Wildman–Crippen LogP) is 4.42. The van der Waals surface area contributed by atoms with Crippen LogP contribution in [-0.4, -0.2) is 0 Å². The second-order valence-electron chi connectivity index (χ2n) is 1.24. The van der Waals surface area contributed by atoms with Gasteiger partial charge in [0.2, 0.25) is 0 Å². The molecule has 1 heterocycles. The molecule has 1 aromatic heterocycles. The molecule has 0 spiro atoms. The number of nitrogens with zero attached hydrogens (tertiary/aromatic N) is 1. The second-order valence-corrected chi connectivity index (χ2v) is 1.24. The highest BCUT2D eigenvalue weighted by Crippen LogP contribution is 1.72. The van der Waals surface area contributed by atoms with Crippen LogP contribution in [-0.2, 0) is 0 Å². The molecule has 0 radical (unpaired) electrons. The van der Waals surface area contributed by atoms with Crippen LogP contribution in [0.5, 0.6) is 0 Å². The van der Waals surface area contributed by atoms with Gasteiger partial charge < -0.3 is 5.21 Å². The van der Waals surface area contributed by atoms with Crippen molar-refractivity contribution < 1.29 is 4.73 Å². The van der Waals surface area contributed by atoms with Crippen molar-refractivity contribution in [3.05, 3.63) is 35.8 Å². The van der Waals surface area contributed by atoms with Gasteiger partial charge in [0.05, 0.1) is 0 Å². The van der Waals surface area contributed by atoms with Gasteiger partial charge in [-0.15, -0.1) is 0 Å². The Morgan fingerprint density at radius 1 is 0.600 bits per heavy atom. The first-order valence-electron chi connectivity index (χ1n) is 6.03. The van der Waals surface area contributed by atoms with Gasteiger partial charge in [0, 0.05) is 12.1 Å². The lowest BCUT2D eigenvalue weighted by Gasteiger charge is -1.88. The van der Waals surface area contributed by atoms with Gasteiger partial charge in [-0.25, -0.2) is 0 Å². The van der Waals surface area contributed by atoms with Gasteiger partial charge in [-0.05, 0) is 0 Å². The third kappa shape index (κ3) is 32.1. The third-order valence-corrected chi connectivity index (χ3v) is 0.688. The fourth-order valence-electron chi connectivity index (χ4n) is 0.383. The van der Waals surface area contributed by atoms with Crippen molar-refractivity contribution in [3.8, 4) is 0 Å². The zero-order valence-electron chi connectivity index (χ0n) is 11.7. The fourth-order valence-corrected chi connectivity index (χ4v) is 0.383. The minimum atomic E-state index is 0.750. The molecule has 0 aliphatic carbocycles. The Balaban J connectivity index is -0.0000000650. The van der Waals surface area contributed by atoms with Gasteiger partial charge in [0.1, 0.15) is 0 Å². The van der Waals surface area contributed by atoms with Crippen LogP contribution in [0.3, 0.4) is 0 Å². The van der Waals surface area contributed by atoms with E-state index in [1.54, 1.807) is 18.2 Å². The number of aromatic nitrogens is 1. The smallest absolute Gasteiger partial charge is 0.180 e. The number of hydrogen-bond acceptors (Lipinski definition) is 1. The maximum absolute atomic E-state index is 10.2. The minimum absolute atomic E-state index is 0.750. The SMILES string of the molecule is CC.CC.CC.CC.[O-][n+]1ccccc1. The normalized spacial score (nSPS) is 5.60. The Morgan fingerprint density at radius 2 is 0.867 bits per heavy atom. The van der Waals surface area contributed by atoms with Gasteiger partial charge in [-0.2, -0.15) is 4.73 Å². The van der Waals surface area contributed by atoms with Crippen LogP contribution in [0.1, 0.15) is 55.4 Å². The molecule has 1 aromatic rings. The summed E-state index contributed by atoms with van der Waals surface area (Å²) in [4.78, 5) is 0. The summed E-state index contributed by atoms with van der Waals surface area (Å²) in [6.07, 6.45) is 2.89. The Kier molecular flexibility index (Phi) is 60.3. The topological polar surface area (TPSA) is 26.9 Å². The van der Waals surface area contributed by atoms with Crippen LogP contribution in [0.4, 0.5) is 0 Å². The predicted molar refractivity (Wildman–Crippen MR) is 70.8 cm³/mol. The second kappa shape index (κ2) is 38.3. The van der Waals surface area contributed by atoms with Crippen molar-refractivity contribution in [1.82, 2.24) is 0 Å². The van der Waals surface area contributed by atoms with E-state index in [4.69, 9.17) is 0 Å². The molecule has 15 heavy (non-hydrogen) atoms. The van der Waals surface area contributed by atoms with E-state index in [2.05, 4.69) is 0 Å². The lowest BCUT2D eigenvalue weighted by Crippen LogP contribution is -2.22. The molecule has 2 nitrogen and oxygen atoms in total. The lowest BCUT2D eigenvalue weighted by molar-refractivity contribution is -0.605. The molecule has 0 bridgehead atoms. The van der Waals surface area contributed by atoms with E-state index in [-0.39, 0.29) is 0 Å². The maximum atomic E-state index is 10.2. The van der Waals surface area contributed by atoms with E-state index < -0.39 is 0 Å². The molecule has 0 saturated heterocycles. The van der Waals surface area contributed by atoms with Crippen molar-refractivity contribution in [1.29, 1.82) is 0 Å². The van der Waals surface area contributed by atoms with Gasteiger partial charge in [-0.3, -0.25) is 0 Å². The van der Waals surface area contributed by atoms with E-state index >= 15 is 0 Å². The number of pyridine rings is 1. The van der Waals surface area contributed by atoms with Gasteiger partial charge >= 0.3 is 0 Å². The van der Waals surface area contributed by atoms with Gasteiger partial charge in [-0.1, -0.05) is 61.5 Å². The summed E-state index contributed by atoms with van der Waals surface area (Å²) >= 11 is 0. The highest BCUT2D eigenvalue weighted by molar-refractivity contribution is 4.83. The average Bonchev–Trinajstić information content (AvgIpc) is 2.40. The van der Waals surface area contributed by atoms with Crippen LogP contribution in [0.2, 0.25) is 0 Å². The van der Waals surface area contributed by atoms with Crippen LogP contribution < -0.4 is 4.73 Å². The summed E-state index contributed by atoms with van der Waals surface area (Å²) in [5.74, 6) is 0. The molecule has 0 unspecified atom stereocenters. The van der Waals surface area contributed by atoms with Gasteiger partial charge in [0.25, 0.3) is 0 Å². The summed E-state index contributed by atoms with van der Waals surface area (Å²) in [7, 11) is 0. The quantitative estimate of drug-likeness (QED) is 0.465. The van der Waals surface area contributed by atoms with Crippen LogP contribution in [0.25, 0.3) is 0 Å². The van der Waals surface area contributed by atoms with Crippen molar-refractivity contribution >= 4 is 0 Å². The molecule has 0 atom stereocenters. The number of hydrogen-bond donors (Lipinski definition) is 0.